The molecule has 0 saturated heterocycles. The minimum atomic E-state index is -0.963. The third-order valence-electron chi connectivity index (χ3n) is 9.42. The molecule has 0 aliphatic carbocycles. The van der Waals surface area contributed by atoms with E-state index in [0.29, 0.717) is 48.9 Å². The fraction of sp³-hybridized carbons (Fsp3) is 0.692. The summed E-state index contributed by atoms with van der Waals surface area (Å²) in [6.45, 7) is 17.3. The van der Waals surface area contributed by atoms with Crippen LogP contribution in [0, 0.1) is 23.2 Å². The van der Waals surface area contributed by atoms with Gasteiger partial charge in [0.2, 0.25) is 23.6 Å². The number of primary amides is 1. The molecule has 0 saturated carbocycles. The lowest BCUT2D eigenvalue weighted by atomic mass is 9.77. The number of nitrogens with one attached hydrogen (secondary N) is 6. The summed E-state index contributed by atoms with van der Waals surface area (Å²) in [5.41, 5.74) is 6.37. The Kier molecular flexibility index (Phi) is 21.8. The number of nitrogens with two attached hydrogens (primary N) is 1. The van der Waals surface area contributed by atoms with Crippen molar-refractivity contribution in [3.05, 3.63) is 29.8 Å². The molecule has 2 atom stereocenters. The molecule has 0 unspecified atom stereocenters. The van der Waals surface area contributed by atoms with E-state index in [4.69, 9.17) is 10.5 Å². The summed E-state index contributed by atoms with van der Waals surface area (Å²) in [5.74, 6) is -0.369. The fourth-order valence-electron chi connectivity index (χ4n) is 5.14. The van der Waals surface area contributed by atoms with Crippen molar-refractivity contribution in [2.24, 2.45) is 28.9 Å². The van der Waals surface area contributed by atoms with Crippen molar-refractivity contribution in [1.29, 1.82) is 0 Å². The molecule has 14 heteroatoms. The molecule has 0 aliphatic heterocycles. The normalized spacial score (nSPS) is 12.5. The van der Waals surface area contributed by atoms with E-state index in [9.17, 15) is 28.8 Å². The standard InChI is InChI=1S/C39H67N7O7/c1-26(2)13-10-9-11-15-33(48)46-34(27(3)4)36(50)45-31(14-12-22-42-37(40)51)35(49)44-30-18-16-29(17-19-30)25-53-38(52)43-24-23-41-32(47)20-21-39(7,8)28(5)6/h16-19,26-28,31,34H,9-15,20-25H2,1-8H3,(H,41,47)(H,43,52)(H,44,49)(H,45,50)(H,46,48)(H3,40,42,51)/t31-,34-/m0/s1. The van der Waals surface area contributed by atoms with Crippen LogP contribution < -0.4 is 37.6 Å². The summed E-state index contributed by atoms with van der Waals surface area (Å²) in [6, 6.07) is 4.20. The molecule has 0 heterocycles. The average molecular weight is 746 g/mol. The number of hydrogen-bond acceptors (Lipinski definition) is 7. The van der Waals surface area contributed by atoms with Crippen LogP contribution in [0.1, 0.15) is 119 Å². The van der Waals surface area contributed by atoms with E-state index in [1.807, 2.05) is 13.8 Å². The molecular weight excluding hydrogens is 678 g/mol. The number of alkyl carbamates (subject to hydrolysis) is 1. The number of hydrogen-bond donors (Lipinski definition) is 7. The fourth-order valence-corrected chi connectivity index (χ4v) is 5.14. The van der Waals surface area contributed by atoms with Gasteiger partial charge >= 0.3 is 12.1 Å². The van der Waals surface area contributed by atoms with Crippen LogP contribution >= 0.6 is 0 Å². The molecule has 0 spiro atoms. The minimum absolute atomic E-state index is 0.0114. The lowest BCUT2D eigenvalue weighted by molar-refractivity contribution is -0.132. The summed E-state index contributed by atoms with van der Waals surface area (Å²) in [5, 5.41) is 16.3. The predicted octanol–water partition coefficient (Wildman–Crippen LogP) is 5.11. The summed E-state index contributed by atoms with van der Waals surface area (Å²) in [7, 11) is 0. The highest BCUT2D eigenvalue weighted by Crippen LogP contribution is 2.31. The quantitative estimate of drug-likeness (QED) is 0.0672. The van der Waals surface area contributed by atoms with Gasteiger partial charge in [-0.1, -0.05) is 86.8 Å². The Morgan fingerprint density at radius 3 is 1.98 bits per heavy atom. The second-order valence-electron chi connectivity index (χ2n) is 15.5. The molecule has 0 aromatic heterocycles. The zero-order valence-corrected chi connectivity index (χ0v) is 33.3. The maximum Gasteiger partial charge on any atom is 0.407 e. The van der Waals surface area contributed by atoms with Gasteiger partial charge in [-0.15, -0.1) is 0 Å². The van der Waals surface area contributed by atoms with Gasteiger partial charge in [0.25, 0.3) is 0 Å². The van der Waals surface area contributed by atoms with Gasteiger partial charge < -0.3 is 42.4 Å². The topological polar surface area (TPSA) is 210 Å². The average Bonchev–Trinajstić information content (AvgIpc) is 3.08. The van der Waals surface area contributed by atoms with Gasteiger partial charge in [-0.05, 0) is 66.5 Å². The molecule has 8 N–H and O–H groups in total. The van der Waals surface area contributed by atoms with Crippen molar-refractivity contribution >= 4 is 41.4 Å². The van der Waals surface area contributed by atoms with Crippen LogP contribution in [0.25, 0.3) is 0 Å². The molecule has 0 radical (unpaired) electrons. The van der Waals surface area contributed by atoms with Gasteiger partial charge in [0.1, 0.15) is 18.7 Å². The number of amides is 7. The van der Waals surface area contributed by atoms with Gasteiger partial charge in [0.15, 0.2) is 0 Å². The zero-order valence-electron chi connectivity index (χ0n) is 33.3. The minimum Gasteiger partial charge on any atom is -0.445 e. The van der Waals surface area contributed by atoms with Crippen molar-refractivity contribution in [2.45, 2.75) is 132 Å². The van der Waals surface area contributed by atoms with Gasteiger partial charge in [0.05, 0.1) is 0 Å². The highest BCUT2D eigenvalue weighted by molar-refractivity contribution is 5.98. The monoisotopic (exact) mass is 746 g/mol. The molecule has 300 valence electrons. The summed E-state index contributed by atoms with van der Waals surface area (Å²) >= 11 is 0. The number of ether oxygens (including phenoxy) is 1. The molecule has 1 aromatic rings. The molecule has 1 rings (SSSR count). The van der Waals surface area contributed by atoms with Gasteiger partial charge in [-0.25, -0.2) is 9.59 Å². The Morgan fingerprint density at radius 2 is 1.38 bits per heavy atom. The van der Waals surface area contributed by atoms with Crippen LogP contribution in [-0.2, 0) is 30.5 Å². The van der Waals surface area contributed by atoms with Crippen LogP contribution in [0.4, 0.5) is 15.3 Å². The smallest absolute Gasteiger partial charge is 0.407 e. The number of carbonyl (C=O) groups is 6. The van der Waals surface area contributed by atoms with E-state index in [2.05, 4.69) is 73.4 Å². The lowest BCUT2D eigenvalue weighted by Gasteiger charge is -2.28. The van der Waals surface area contributed by atoms with E-state index < -0.39 is 36.0 Å². The molecule has 0 bridgehead atoms. The number of benzene rings is 1. The van der Waals surface area contributed by atoms with E-state index in [1.54, 1.807) is 24.3 Å². The second-order valence-corrected chi connectivity index (χ2v) is 15.5. The van der Waals surface area contributed by atoms with Gasteiger partial charge in [-0.3, -0.25) is 19.2 Å². The predicted molar refractivity (Wildman–Crippen MR) is 208 cm³/mol. The highest BCUT2D eigenvalue weighted by Gasteiger charge is 2.29. The lowest BCUT2D eigenvalue weighted by Crippen LogP contribution is -2.54. The third-order valence-corrected chi connectivity index (χ3v) is 9.42. The number of carbonyl (C=O) groups excluding carboxylic acids is 6. The Bertz CT molecular complexity index is 1300. The van der Waals surface area contributed by atoms with Crippen LogP contribution in [0.5, 0.6) is 0 Å². The molecule has 0 fully saturated rings. The van der Waals surface area contributed by atoms with E-state index in [1.165, 1.54) is 0 Å². The van der Waals surface area contributed by atoms with Crippen molar-refractivity contribution in [2.75, 3.05) is 25.0 Å². The van der Waals surface area contributed by atoms with E-state index in [-0.39, 0.29) is 49.3 Å². The molecule has 1 aromatic carbocycles. The summed E-state index contributed by atoms with van der Waals surface area (Å²) < 4.78 is 5.27. The van der Waals surface area contributed by atoms with Crippen LogP contribution in [0.2, 0.25) is 0 Å². The van der Waals surface area contributed by atoms with Crippen molar-refractivity contribution < 1.29 is 33.5 Å². The first-order valence-corrected chi connectivity index (χ1v) is 19.1. The number of unbranched alkanes of at least 4 members (excludes halogenated alkanes) is 2. The highest BCUT2D eigenvalue weighted by atomic mass is 16.5. The summed E-state index contributed by atoms with van der Waals surface area (Å²) in [4.78, 5) is 74.9. The van der Waals surface area contributed by atoms with Gasteiger partial charge in [-0.2, -0.15) is 0 Å². The van der Waals surface area contributed by atoms with Crippen molar-refractivity contribution in [1.82, 2.24) is 26.6 Å². The first-order chi connectivity index (χ1) is 24.9. The first-order valence-electron chi connectivity index (χ1n) is 19.1. The van der Waals surface area contributed by atoms with E-state index >= 15 is 0 Å². The molecule has 0 aliphatic rings. The zero-order chi connectivity index (χ0) is 40.0. The van der Waals surface area contributed by atoms with E-state index in [0.717, 1.165) is 32.1 Å². The van der Waals surface area contributed by atoms with Crippen molar-refractivity contribution in [3.8, 4) is 0 Å². The Balaban J connectivity index is 2.68. The Morgan fingerprint density at radius 1 is 0.717 bits per heavy atom. The molecule has 7 amide bonds. The SMILES string of the molecule is CC(C)CCCCCC(=O)N[C@H](C(=O)N[C@@H](CCCNC(N)=O)C(=O)Nc1ccc(COC(=O)NCCNC(=O)CCC(C)(C)C(C)C)cc1)C(C)C. The van der Waals surface area contributed by atoms with Crippen molar-refractivity contribution in [3.63, 3.8) is 0 Å². The molecule has 53 heavy (non-hydrogen) atoms. The van der Waals surface area contributed by atoms with Crippen LogP contribution in [0.15, 0.2) is 24.3 Å². The largest absolute Gasteiger partial charge is 0.445 e. The second kappa shape index (κ2) is 24.8. The maximum atomic E-state index is 13.4. The molecule has 14 nitrogen and oxygen atoms in total. The Labute approximate surface area is 316 Å². The van der Waals surface area contributed by atoms with Gasteiger partial charge in [0, 0.05) is 38.2 Å². The van der Waals surface area contributed by atoms with Crippen LogP contribution in [0.3, 0.4) is 0 Å². The first kappa shape index (κ1) is 46.7. The Hall–Kier alpha value is -4.36. The number of rotatable bonds is 25. The third kappa shape index (κ3) is 21.1. The summed E-state index contributed by atoms with van der Waals surface area (Å²) in [6.07, 6.45) is 5.29. The number of urea groups is 1. The maximum absolute atomic E-state index is 13.4. The molecular formula is C39H67N7O7. The van der Waals surface area contributed by atoms with Crippen LogP contribution in [-0.4, -0.2) is 67.5 Å². The number of anilines is 1.